The average Bonchev–Trinajstić information content (AvgIpc) is 2.65. The van der Waals surface area contributed by atoms with Crippen LogP contribution in [0.2, 0.25) is 0 Å². The number of benzene rings is 2. The highest BCUT2D eigenvalue weighted by Gasteiger charge is 2.22. The Morgan fingerprint density at radius 2 is 1.46 bits per heavy atom. The predicted molar refractivity (Wildman–Crippen MR) is 107 cm³/mol. The van der Waals surface area contributed by atoms with Gasteiger partial charge in [0.05, 0.1) is 13.0 Å². The molecule has 1 N–H and O–H groups in total. The van der Waals surface area contributed by atoms with E-state index in [1.165, 1.54) is 6.92 Å². The normalized spacial score (nSPS) is 12.3. The number of carbonyl (C=O) groups is 2. The zero-order valence-corrected chi connectivity index (χ0v) is 17.3. The molecule has 1 atom stereocenters. The molecule has 0 aromatic heterocycles. The molecule has 1 unspecified atom stereocenters. The molecule has 0 saturated carbocycles. The Morgan fingerprint density at radius 1 is 0.964 bits per heavy atom. The number of esters is 2. The van der Waals surface area contributed by atoms with Gasteiger partial charge in [-0.2, -0.15) is 0 Å². The Hall–Kier alpha value is -1.79. The minimum absolute atomic E-state index is 0.0183. The molecule has 28 heavy (non-hydrogen) atoms. The fourth-order valence-corrected chi connectivity index (χ4v) is 2.65. The summed E-state index contributed by atoms with van der Waals surface area (Å²) < 4.78 is 8.71. The largest absolute Gasteiger partial charge is 0.461 e. The van der Waals surface area contributed by atoms with E-state index in [4.69, 9.17) is 49.4 Å². The third-order valence-corrected chi connectivity index (χ3v) is 4.10. The van der Waals surface area contributed by atoms with Crippen molar-refractivity contribution in [2.45, 2.75) is 29.8 Å². The topological polar surface area (TPSA) is 72.8 Å². The lowest BCUT2D eigenvalue weighted by molar-refractivity contribution is -0.145. The highest BCUT2D eigenvalue weighted by Crippen LogP contribution is 2.28. The summed E-state index contributed by atoms with van der Waals surface area (Å²) in [4.78, 5) is 23.4. The molecule has 0 radical (unpaired) electrons. The SMILES string of the molecule is CC(=O)OC(c1ccc(CO)cc1)c1ccc(CC(=O)OCC(Cl)(Cl)Cl)cc1. The Labute approximate surface area is 178 Å². The second-order valence-corrected chi connectivity index (χ2v) is 8.60. The molecule has 0 bridgehead atoms. The third kappa shape index (κ3) is 7.32. The fourth-order valence-electron chi connectivity index (χ4n) is 2.48. The van der Waals surface area contributed by atoms with Gasteiger partial charge in [0.25, 0.3) is 0 Å². The molecule has 2 aromatic rings. The van der Waals surface area contributed by atoms with Gasteiger partial charge in [-0.1, -0.05) is 83.3 Å². The maximum absolute atomic E-state index is 11.8. The number of aliphatic hydroxyl groups excluding tert-OH is 1. The maximum atomic E-state index is 11.8. The molecule has 150 valence electrons. The first-order chi connectivity index (χ1) is 13.2. The van der Waals surface area contributed by atoms with Crippen molar-refractivity contribution in [1.82, 2.24) is 0 Å². The van der Waals surface area contributed by atoms with Crippen LogP contribution in [-0.2, 0) is 32.1 Å². The summed E-state index contributed by atoms with van der Waals surface area (Å²) in [7, 11) is 0. The molecule has 2 aromatic carbocycles. The number of ether oxygens (including phenoxy) is 2. The summed E-state index contributed by atoms with van der Waals surface area (Å²) in [6, 6.07) is 14.1. The van der Waals surface area contributed by atoms with Crippen LogP contribution in [-0.4, -0.2) is 27.4 Å². The Bertz CT molecular complexity index is 798. The number of aliphatic hydroxyl groups is 1. The molecule has 0 aliphatic carbocycles. The summed E-state index contributed by atoms with van der Waals surface area (Å²) >= 11 is 16.7. The Balaban J connectivity index is 2.12. The molecule has 5 nitrogen and oxygen atoms in total. The van der Waals surface area contributed by atoms with Crippen molar-refractivity contribution in [3.05, 3.63) is 70.8 Å². The summed E-state index contributed by atoms with van der Waals surface area (Å²) in [6.07, 6.45) is -0.583. The number of alkyl halides is 3. The molecule has 0 heterocycles. The van der Waals surface area contributed by atoms with Crippen molar-refractivity contribution in [3.8, 4) is 0 Å². The van der Waals surface area contributed by atoms with Crippen LogP contribution in [0.15, 0.2) is 48.5 Å². The van der Waals surface area contributed by atoms with E-state index in [9.17, 15) is 9.59 Å². The van der Waals surface area contributed by atoms with Gasteiger partial charge in [0.1, 0.15) is 6.61 Å². The van der Waals surface area contributed by atoms with E-state index in [0.29, 0.717) is 5.56 Å². The molecule has 0 fully saturated rings. The van der Waals surface area contributed by atoms with E-state index in [1.54, 1.807) is 48.5 Å². The molecular weight excluding hydrogens is 427 g/mol. The standard InChI is InChI=1S/C20H19Cl3O5/c1-13(25)28-19(17-8-4-15(11-24)5-9-17)16-6-2-14(3-7-16)10-18(26)27-12-20(21,22)23/h2-9,19,24H,10-12H2,1H3. The van der Waals surface area contributed by atoms with Gasteiger partial charge < -0.3 is 14.6 Å². The van der Waals surface area contributed by atoms with E-state index >= 15 is 0 Å². The molecular formula is C20H19Cl3O5. The van der Waals surface area contributed by atoms with Crippen LogP contribution >= 0.6 is 34.8 Å². The lowest BCUT2D eigenvalue weighted by atomic mass is 9.98. The average molecular weight is 446 g/mol. The lowest BCUT2D eigenvalue weighted by Gasteiger charge is -2.18. The minimum Gasteiger partial charge on any atom is -0.461 e. The first-order valence-electron chi connectivity index (χ1n) is 8.36. The first kappa shape index (κ1) is 22.5. The van der Waals surface area contributed by atoms with Crippen molar-refractivity contribution < 1.29 is 24.2 Å². The van der Waals surface area contributed by atoms with Crippen molar-refractivity contribution >= 4 is 46.7 Å². The third-order valence-electron chi connectivity index (χ3n) is 3.78. The maximum Gasteiger partial charge on any atom is 0.310 e. The lowest BCUT2D eigenvalue weighted by Crippen LogP contribution is -2.18. The van der Waals surface area contributed by atoms with Crippen LogP contribution in [0, 0.1) is 0 Å². The molecule has 8 heteroatoms. The predicted octanol–water partition coefficient (Wildman–Crippen LogP) is 4.29. The zero-order chi connectivity index (χ0) is 20.7. The van der Waals surface area contributed by atoms with Crippen LogP contribution in [0.4, 0.5) is 0 Å². The van der Waals surface area contributed by atoms with Crippen LogP contribution in [0.3, 0.4) is 0 Å². The Morgan fingerprint density at radius 3 is 1.89 bits per heavy atom. The smallest absolute Gasteiger partial charge is 0.310 e. The van der Waals surface area contributed by atoms with Gasteiger partial charge in [0.2, 0.25) is 3.79 Å². The summed E-state index contributed by atoms with van der Waals surface area (Å²) in [5.41, 5.74) is 2.97. The minimum atomic E-state index is -1.65. The molecule has 0 aliphatic heterocycles. The summed E-state index contributed by atoms with van der Waals surface area (Å²) in [5.74, 6) is -0.939. The van der Waals surface area contributed by atoms with Crippen molar-refractivity contribution in [2.24, 2.45) is 0 Å². The van der Waals surface area contributed by atoms with Gasteiger partial charge in [-0.05, 0) is 22.3 Å². The first-order valence-corrected chi connectivity index (χ1v) is 9.49. The van der Waals surface area contributed by atoms with E-state index < -0.39 is 21.8 Å². The monoisotopic (exact) mass is 444 g/mol. The van der Waals surface area contributed by atoms with Gasteiger partial charge >= 0.3 is 11.9 Å². The number of rotatable bonds is 7. The molecule has 0 saturated heterocycles. The fraction of sp³-hybridized carbons (Fsp3) is 0.300. The van der Waals surface area contributed by atoms with Crippen LogP contribution in [0.1, 0.15) is 35.3 Å². The number of hydrogen-bond acceptors (Lipinski definition) is 5. The molecule has 0 spiro atoms. The second-order valence-electron chi connectivity index (χ2n) is 6.08. The van der Waals surface area contributed by atoms with Gasteiger partial charge in [-0.15, -0.1) is 0 Å². The highest BCUT2D eigenvalue weighted by atomic mass is 35.6. The molecule has 2 rings (SSSR count). The van der Waals surface area contributed by atoms with Crippen molar-refractivity contribution in [1.29, 1.82) is 0 Å². The summed E-state index contributed by atoms with van der Waals surface area (Å²) in [6.45, 7) is 0.943. The van der Waals surface area contributed by atoms with Gasteiger partial charge in [-0.3, -0.25) is 9.59 Å². The van der Waals surface area contributed by atoms with E-state index in [0.717, 1.165) is 16.7 Å². The number of hydrogen-bond donors (Lipinski definition) is 1. The zero-order valence-electron chi connectivity index (χ0n) is 15.0. The highest BCUT2D eigenvalue weighted by molar-refractivity contribution is 6.67. The van der Waals surface area contributed by atoms with Gasteiger partial charge in [0.15, 0.2) is 6.10 Å². The van der Waals surface area contributed by atoms with E-state index in [1.807, 2.05) is 0 Å². The van der Waals surface area contributed by atoms with Crippen molar-refractivity contribution in [3.63, 3.8) is 0 Å². The van der Waals surface area contributed by atoms with Crippen molar-refractivity contribution in [2.75, 3.05) is 6.61 Å². The number of halogens is 3. The number of carbonyl (C=O) groups excluding carboxylic acids is 2. The quantitative estimate of drug-likeness (QED) is 0.508. The van der Waals surface area contributed by atoms with Gasteiger partial charge in [-0.25, -0.2) is 0 Å². The van der Waals surface area contributed by atoms with Gasteiger partial charge in [0, 0.05) is 6.92 Å². The second kappa shape index (κ2) is 10.1. The van der Waals surface area contributed by atoms with E-state index in [2.05, 4.69) is 0 Å². The van der Waals surface area contributed by atoms with Crippen LogP contribution in [0.25, 0.3) is 0 Å². The Kier molecular flexibility index (Phi) is 8.13. The van der Waals surface area contributed by atoms with E-state index in [-0.39, 0.29) is 19.6 Å². The molecule has 0 aliphatic rings. The van der Waals surface area contributed by atoms with Crippen LogP contribution < -0.4 is 0 Å². The van der Waals surface area contributed by atoms with Crippen LogP contribution in [0.5, 0.6) is 0 Å². The molecule has 0 amide bonds. The summed E-state index contributed by atoms with van der Waals surface area (Å²) in [5, 5.41) is 9.17.